The van der Waals surface area contributed by atoms with Crippen molar-refractivity contribution in [3.05, 3.63) is 64.0 Å². The Bertz CT molecular complexity index is 2810. The summed E-state index contributed by atoms with van der Waals surface area (Å²) in [7, 11) is 3.36. The van der Waals surface area contributed by atoms with Gasteiger partial charge < -0.3 is 29.7 Å². The van der Waals surface area contributed by atoms with Crippen LogP contribution in [0.25, 0.3) is 21.8 Å². The molecule has 1 aliphatic carbocycles. The van der Waals surface area contributed by atoms with Gasteiger partial charge in [0.2, 0.25) is 23.5 Å². The number of rotatable bonds is 8. The first-order valence-electron chi connectivity index (χ1n) is 22.0. The number of carbonyl (C=O) groups excluding carboxylic acids is 2. The Morgan fingerprint density at radius 1 is 0.984 bits per heavy atom. The van der Waals surface area contributed by atoms with E-state index >= 15 is 13.2 Å². The number of amides is 2. The van der Waals surface area contributed by atoms with E-state index in [0.29, 0.717) is 102 Å². The van der Waals surface area contributed by atoms with Crippen LogP contribution in [0.4, 0.5) is 42.0 Å². The van der Waals surface area contributed by atoms with Gasteiger partial charge in [-0.25, -0.2) is 18.2 Å². The van der Waals surface area contributed by atoms with Crippen molar-refractivity contribution in [2.24, 2.45) is 31.8 Å². The Balaban J connectivity index is 0.794. The highest BCUT2D eigenvalue weighted by Crippen LogP contribution is 2.46. The summed E-state index contributed by atoms with van der Waals surface area (Å²) in [5.74, 6) is -3.70. The lowest BCUT2D eigenvalue weighted by Crippen LogP contribution is -2.50. The van der Waals surface area contributed by atoms with Crippen molar-refractivity contribution in [1.29, 1.82) is 5.26 Å². The third kappa shape index (κ3) is 7.50. The zero-order chi connectivity index (χ0) is 44.6. The number of piperidine rings is 2. The molecule has 7 heterocycles. The molecular formula is C45H49F3N12O4. The van der Waals surface area contributed by atoms with E-state index in [0.717, 1.165) is 31.6 Å². The predicted octanol–water partition coefficient (Wildman–Crippen LogP) is 4.99. The van der Waals surface area contributed by atoms with Crippen LogP contribution in [0.1, 0.15) is 56.2 Å². The topological polar surface area (TPSA) is 179 Å². The number of benzene rings is 2. The number of halogens is 3. The molecule has 4 fully saturated rings. The maximum Gasteiger partial charge on any atom is 0.301 e. The summed E-state index contributed by atoms with van der Waals surface area (Å²) >= 11 is 0. The number of ether oxygens (including phenoxy) is 1. The molecule has 1 saturated carbocycles. The lowest BCUT2D eigenvalue weighted by Gasteiger charge is -2.42. The van der Waals surface area contributed by atoms with Crippen molar-refractivity contribution in [2.75, 3.05) is 72.9 Å². The Hall–Kier alpha value is -6.42. The number of hydrogen-bond acceptors (Lipinski definition) is 13. The van der Waals surface area contributed by atoms with Crippen molar-refractivity contribution in [3.63, 3.8) is 0 Å². The van der Waals surface area contributed by atoms with Crippen molar-refractivity contribution in [1.82, 2.24) is 34.5 Å². The quantitative estimate of drug-likeness (QED) is 0.178. The van der Waals surface area contributed by atoms with Crippen LogP contribution in [0.2, 0.25) is 0 Å². The van der Waals surface area contributed by atoms with Crippen LogP contribution in [0.15, 0.2) is 41.3 Å². The molecule has 2 amide bonds. The summed E-state index contributed by atoms with van der Waals surface area (Å²) < 4.78 is 54.8. The molecule has 0 bridgehead atoms. The average molecular weight is 879 g/mol. The highest BCUT2D eigenvalue weighted by Gasteiger charge is 2.51. The molecule has 3 aromatic heterocycles. The molecule has 5 aromatic rings. The lowest BCUT2D eigenvalue weighted by molar-refractivity contribution is -0.134. The molecule has 3 saturated heterocycles. The van der Waals surface area contributed by atoms with Gasteiger partial charge in [-0.3, -0.25) is 29.3 Å². The van der Waals surface area contributed by atoms with E-state index in [9.17, 15) is 19.6 Å². The van der Waals surface area contributed by atoms with Gasteiger partial charge in [0.05, 0.1) is 46.3 Å². The molecule has 3 N–H and O–H groups in total. The van der Waals surface area contributed by atoms with Crippen molar-refractivity contribution in [2.45, 2.75) is 56.9 Å². The Labute approximate surface area is 366 Å². The number of fused-ring (bicyclic) bond motifs is 4. The molecule has 10 rings (SSSR count). The molecule has 0 radical (unpaired) electrons. The molecule has 4 aliphatic heterocycles. The fraction of sp³-hybridized carbons (Fsp3) is 0.489. The normalized spacial score (nSPS) is 23.8. The third-order valence-corrected chi connectivity index (χ3v) is 13.9. The van der Waals surface area contributed by atoms with Gasteiger partial charge in [0.15, 0.2) is 12.4 Å². The lowest BCUT2D eigenvalue weighted by atomic mass is 9.86. The number of alkyl halides is 2. The van der Waals surface area contributed by atoms with E-state index in [4.69, 9.17) is 9.72 Å². The van der Waals surface area contributed by atoms with E-state index in [2.05, 4.69) is 53.7 Å². The average Bonchev–Trinajstić information content (AvgIpc) is 4.08. The van der Waals surface area contributed by atoms with E-state index in [1.54, 1.807) is 37.0 Å². The highest BCUT2D eigenvalue weighted by molar-refractivity contribution is 6.03. The molecule has 64 heavy (non-hydrogen) atoms. The van der Waals surface area contributed by atoms with Crippen LogP contribution in [0.3, 0.4) is 0 Å². The number of aromatic nitrogens is 5. The number of aryl methyl sites for hydroxylation is 2. The minimum Gasteiger partial charge on any atom is -0.480 e. The largest absolute Gasteiger partial charge is 0.480 e. The van der Waals surface area contributed by atoms with Gasteiger partial charge in [-0.1, -0.05) is 6.92 Å². The van der Waals surface area contributed by atoms with Gasteiger partial charge in [0.1, 0.15) is 17.4 Å². The first-order chi connectivity index (χ1) is 30.8. The zero-order valence-corrected chi connectivity index (χ0v) is 35.8. The first kappa shape index (κ1) is 41.6. The van der Waals surface area contributed by atoms with Gasteiger partial charge in [0.25, 0.3) is 5.56 Å². The number of nitrogens with one attached hydrogen (secondary N) is 3. The van der Waals surface area contributed by atoms with Gasteiger partial charge in [0, 0.05) is 82.8 Å². The van der Waals surface area contributed by atoms with Crippen LogP contribution in [0, 0.1) is 34.9 Å². The Morgan fingerprint density at radius 2 is 1.78 bits per heavy atom. The zero-order valence-electron chi connectivity index (χ0n) is 35.8. The molecule has 19 heteroatoms. The monoisotopic (exact) mass is 878 g/mol. The summed E-state index contributed by atoms with van der Waals surface area (Å²) in [6.45, 7) is 6.52. The Kier molecular flexibility index (Phi) is 10.4. The number of nitrogens with zero attached hydrogens (tertiary/aromatic N) is 9. The molecule has 2 aromatic carbocycles. The maximum atomic E-state index is 15.8. The number of piperazine rings is 1. The summed E-state index contributed by atoms with van der Waals surface area (Å²) in [6, 6.07) is 9.54. The van der Waals surface area contributed by atoms with E-state index < -0.39 is 36.0 Å². The fourth-order valence-corrected chi connectivity index (χ4v) is 10.0. The van der Waals surface area contributed by atoms with Gasteiger partial charge in [-0.15, -0.1) is 0 Å². The smallest absolute Gasteiger partial charge is 0.301 e. The number of nitriles is 1. The number of hydrogen-bond donors (Lipinski definition) is 3. The fourth-order valence-electron chi connectivity index (χ4n) is 10.0. The highest BCUT2D eigenvalue weighted by atomic mass is 19.3. The van der Waals surface area contributed by atoms with Crippen LogP contribution < -0.4 is 36.0 Å². The SMILES string of the molecule is C[C@@H]1CN(c2ncc(C#N)c(Nc3ccc4c(c3)c3c(c(=O)n4C)OCC(F)(F)[C@H](C4CC4)N3)n2)CC[C@@H]1CN1CCN(c2cc3c(cc2F)c(C2CCC(=O)NC2=O)nn3C)CC1. The Morgan fingerprint density at radius 3 is 2.52 bits per heavy atom. The first-order valence-corrected chi connectivity index (χ1v) is 22.0. The second kappa shape index (κ2) is 16.0. The minimum absolute atomic E-state index is 0.143. The maximum absolute atomic E-state index is 15.8. The number of imide groups is 1. The van der Waals surface area contributed by atoms with Crippen molar-refractivity contribution in [3.8, 4) is 11.8 Å². The summed E-state index contributed by atoms with van der Waals surface area (Å²) in [5.41, 5.74) is 2.77. The van der Waals surface area contributed by atoms with Crippen molar-refractivity contribution >= 4 is 62.4 Å². The molecule has 1 unspecified atom stereocenters. The van der Waals surface area contributed by atoms with Gasteiger partial charge >= 0.3 is 5.92 Å². The second-order valence-electron chi connectivity index (χ2n) is 18.1. The van der Waals surface area contributed by atoms with Crippen LogP contribution >= 0.6 is 0 Å². The van der Waals surface area contributed by atoms with E-state index in [-0.39, 0.29) is 41.1 Å². The number of pyridine rings is 1. The van der Waals surface area contributed by atoms with E-state index in [1.807, 2.05) is 6.07 Å². The summed E-state index contributed by atoms with van der Waals surface area (Å²) in [4.78, 5) is 53.6. The molecule has 334 valence electrons. The third-order valence-electron chi connectivity index (χ3n) is 13.9. The van der Waals surface area contributed by atoms with Gasteiger partial charge in [-0.05, 0) is 73.8 Å². The number of carbonyl (C=O) groups is 2. The second-order valence-corrected chi connectivity index (χ2v) is 18.1. The summed E-state index contributed by atoms with van der Waals surface area (Å²) in [6.07, 6.45) is 4.32. The standard InChI is InChI=1S/C45H49F3N12O4/c1-24-21-60(11-10-26(24)22-58-12-14-59(15-13-58)35-18-34-31(17-32(35)46)37(55-57(34)3)29-7-9-36(61)52-42(29)62)44-50-20-27(19-49)41(54-44)51-28-6-8-33-30(16-28)38-39(43(63)56(33)2)64-23-45(47,48)40(53-38)25-4-5-25/h6,8,16-18,20,24-26,29,40,53H,4-5,7,9-15,21-23H2,1-3H3,(H,50,51,54)(H,52,61,62)/t24-,26-,29?,40+/m1/s1. The van der Waals surface area contributed by atoms with Crippen LogP contribution in [0.5, 0.6) is 5.75 Å². The van der Waals surface area contributed by atoms with E-state index in [1.165, 1.54) is 16.8 Å². The minimum atomic E-state index is -3.16. The number of anilines is 5. The van der Waals surface area contributed by atoms with Crippen LogP contribution in [-0.2, 0) is 23.7 Å². The summed E-state index contributed by atoms with van der Waals surface area (Å²) in [5, 5.41) is 24.4. The molecule has 4 atom stereocenters. The van der Waals surface area contributed by atoms with Gasteiger partial charge in [-0.2, -0.15) is 15.3 Å². The van der Waals surface area contributed by atoms with Crippen molar-refractivity contribution < 1.29 is 27.5 Å². The molecular weight excluding hydrogens is 830 g/mol. The molecule has 16 nitrogen and oxygen atoms in total. The molecule has 0 spiro atoms. The molecule has 5 aliphatic rings. The van der Waals surface area contributed by atoms with Crippen LogP contribution in [-0.4, -0.2) is 105 Å². The predicted molar refractivity (Wildman–Crippen MR) is 234 cm³/mol.